The smallest absolute Gasteiger partial charge is 0.407 e. The number of carbonyl (C=O) groups excluding carboxylic acids is 1. The molecule has 0 heterocycles. The van der Waals surface area contributed by atoms with Gasteiger partial charge in [0.05, 0.1) is 22.9 Å². The van der Waals surface area contributed by atoms with E-state index in [1.165, 1.54) is 0 Å². The first-order chi connectivity index (χ1) is 11.7. The summed E-state index contributed by atoms with van der Waals surface area (Å²) in [5, 5.41) is 12.4. The Morgan fingerprint density at radius 2 is 1.73 bits per heavy atom. The third-order valence-electron chi connectivity index (χ3n) is 2.77. The number of alkyl carbamates (subject to hydrolysis) is 1. The zero-order valence-corrected chi connectivity index (χ0v) is 15.1. The molecule has 0 saturated heterocycles. The summed E-state index contributed by atoms with van der Waals surface area (Å²) in [6.45, 7) is 2.27. The number of rotatable bonds is 7. The summed E-state index contributed by atoms with van der Waals surface area (Å²) in [5.41, 5.74) is -1.20. The predicted molar refractivity (Wildman–Crippen MR) is 87.5 cm³/mol. The van der Waals surface area contributed by atoms with E-state index in [4.69, 9.17) is 4.74 Å². The number of ether oxygens (including phenoxy) is 1. The van der Waals surface area contributed by atoms with Gasteiger partial charge in [-0.1, -0.05) is 0 Å². The minimum Gasteiger partial charge on any atom is -0.444 e. The number of sulfonamides is 1. The monoisotopic (exact) mass is 395 g/mol. The van der Waals surface area contributed by atoms with Gasteiger partial charge in [0, 0.05) is 12.1 Å². The van der Waals surface area contributed by atoms with Crippen LogP contribution in [0.15, 0.2) is 29.2 Å². The van der Waals surface area contributed by atoms with Gasteiger partial charge in [-0.05, 0) is 32.9 Å². The molecule has 0 spiro atoms. The zero-order chi connectivity index (χ0) is 20.2. The molecule has 1 aromatic carbocycles. The quantitative estimate of drug-likeness (QED) is 0.537. The second-order valence-electron chi connectivity index (χ2n) is 6.29. The SMILES string of the molecule is CC(C)(C)OC(=O)NCC(F)(F)CNS(=O)(=O)c1ccc([N+](=O)[O-])cc1. The molecule has 0 bridgehead atoms. The van der Waals surface area contributed by atoms with Gasteiger partial charge in [-0.3, -0.25) is 10.1 Å². The van der Waals surface area contributed by atoms with Crippen LogP contribution in [0.5, 0.6) is 0 Å². The molecule has 1 aromatic rings. The number of nitrogens with zero attached hydrogens (tertiary/aromatic N) is 1. The van der Waals surface area contributed by atoms with E-state index in [1.807, 2.05) is 5.32 Å². The molecule has 0 radical (unpaired) electrons. The first-order valence-electron chi connectivity index (χ1n) is 7.31. The Labute approximate surface area is 148 Å². The maximum absolute atomic E-state index is 13.7. The number of non-ortho nitro benzene ring substituents is 1. The lowest BCUT2D eigenvalue weighted by molar-refractivity contribution is -0.384. The van der Waals surface area contributed by atoms with Gasteiger partial charge in [0.25, 0.3) is 11.6 Å². The fourth-order valence-electron chi connectivity index (χ4n) is 1.61. The largest absolute Gasteiger partial charge is 0.444 e. The fraction of sp³-hybridized carbons (Fsp3) is 0.500. The number of benzene rings is 1. The number of hydrogen-bond acceptors (Lipinski definition) is 6. The Kier molecular flexibility index (Phi) is 6.60. The van der Waals surface area contributed by atoms with E-state index in [1.54, 1.807) is 25.5 Å². The molecule has 26 heavy (non-hydrogen) atoms. The Morgan fingerprint density at radius 3 is 2.19 bits per heavy atom. The van der Waals surface area contributed by atoms with Gasteiger partial charge in [0.2, 0.25) is 10.0 Å². The van der Waals surface area contributed by atoms with E-state index < -0.39 is 50.5 Å². The third kappa shape index (κ3) is 7.27. The van der Waals surface area contributed by atoms with E-state index in [0.29, 0.717) is 0 Å². The summed E-state index contributed by atoms with van der Waals surface area (Å²) in [6, 6.07) is 3.74. The number of alkyl halides is 2. The Morgan fingerprint density at radius 1 is 1.19 bits per heavy atom. The average Bonchev–Trinajstić information content (AvgIpc) is 2.50. The maximum Gasteiger partial charge on any atom is 0.407 e. The number of nitrogens with one attached hydrogen (secondary N) is 2. The normalized spacial score (nSPS) is 12.5. The van der Waals surface area contributed by atoms with E-state index in [0.717, 1.165) is 24.3 Å². The van der Waals surface area contributed by atoms with Crippen molar-refractivity contribution < 1.29 is 31.7 Å². The minimum atomic E-state index is -4.30. The van der Waals surface area contributed by atoms with Gasteiger partial charge in [-0.2, -0.15) is 0 Å². The lowest BCUT2D eigenvalue weighted by Gasteiger charge is -2.22. The van der Waals surface area contributed by atoms with Crippen LogP contribution in [0.2, 0.25) is 0 Å². The van der Waals surface area contributed by atoms with E-state index >= 15 is 0 Å². The van der Waals surface area contributed by atoms with Crippen molar-refractivity contribution in [2.45, 2.75) is 37.2 Å². The number of halogens is 2. The molecule has 12 heteroatoms. The topological polar surface area (TPSA) is 128 Å². The van der Waals surface area contributed by atoms with Crippen LogP contribution in [-0.4, -0.2) is 44.0 Å². The van der Waals surface area contributed by atoms with Crippen LogP contribution in [0.4, 0.5) is 19.3 Å². The number of nitro groups is 1. The maximum atomic E-state index is 13.7. The number of hydrogen-bond donors (Lipinski definition) is 2. The number of carbonyl (C=O) groups is 1. The van der Waals surface area contributed by atoms with Crippen molar-refractivity contribution in [3.8, 4) is 0 Å². The van der Waals surface area contributed by atoms with Crippen molar-refractivity contribution in [3.63, 3.8) is 0 Å². The van der Waals surface area contributed by atoms with E-state index in [2.05, 4.69) is 0 Å². The molecule has 0 saturated carbocycles. The van der Waals surface area contributed by atoms with Crippen LogP contribution in [-0.2, 0) is 14.8 Å². The molecule has 0 aromatic heterocycles. The summed E-state index contributed by atoms with van der Waals surface area (Å²) in [5.74, 6) is -3.58. The summed E-state index contributed by atoms with van der Waals surface area (Å²) >= 11 is 0. The van der Waals surface area contributed by atoms with Crippen LogP contribution in [0, 0.1) is 10.1 Å². The predicted octanol–water partition coefficient (Wildman–Crippen LogP) is 2.03. The molecule has 2 N–H and O–H groups in total. The highest BCUT2D eigenvalue weighted by Gasteiger charge is 2.32. The molecular weight excluding hydrogens is 376 g/mol. The lowest BCUT2D eigenvalue weighted by Crippen LogP contribution is -2.45. The van der Waals surface area contributed by atoms with Crippen LogP contribution >= 0.6 is 0 Å². The van der Waals surface area contributed by atoms with E-state index in [9.17, 15) is 32.1 Å². The number of amides is 1. The van der Waals surface area contributed by atoms with Gasteiger partial charge in [0.15, 0.2) is 0 Å². The lowest BCUT2D eigenvalue weighted by atomic mass is 10.2. The van der Waals surface area contributed by atoms with E-state index in [-0.39, 0.29) is 5.69 Å². The second-order valence-corrected chi connectivity index (χ2v) is 8.05. The highest BCUT2D eigenvalue weighted by Crippen LogP contribution is 2.17. The zero-order valence-electron chi connectivity index (χ0n) is 14.3. The molecule has 0 unspecified atom stereocenters. The van der Waals surface area contributed by atoms with Crippen molar-refractivity contribution in [1.82, 2.24) is 10.0 Å². The summed E-state index contributed by atoms with van der Waals surface area (Å²) < 4.78 is 57.9. The van der Waals surface area contributed by atoms with Gasteiger partial charge >= 0.3 is 6.09 Å². The van der Waals surface area contributed by atoms with Crippen molar-refractivity contribution in [2.75, 3.05) is 13.1 Å². The van der Waals surface area contributed by atoms with Crippen LogP contribution in [0.25, 0.3) is 0 Å². The molecule has 0 aliphatic carbocycles. The number of nitro benzene ring substituents is 1. The van der Waals surface area contributed by atoms with Crippen LogP contribution in [0.1, 0.15) is 20.8 Å². The summed E-state index contributed by atoms with van der Waals surface area (Å²) in [6.07, 6.45) is -1.06. The molecule has 0 aliphatic heterocycles. The van der Waals surface area contributed by atoms with Crippen molar-refractivity contribution >= 4 is 21.8 Å². The Bertz CT molecular complexity index is 760. The van der Waals surface area contributed by atoms with Crippen molar-refractivity contribution in [1.29, 1.82) is 0 Å². The highest BCUT2D eigenvalue weighted by molar-refractivity contribution is 7.89. The van der Waals surface area contributed by atoms with Crippen molar-refractivity contribution in [3.05, 3.63) is 34.4 Å². The standard InChI is InChI=1S/C14H19F2N3O6S/c1-13(2,3)25-12(20)17-8-14(15,16)9-18-26(23,24)11-6-4-10(5-7-11)19(21)22/h4-7,18H,8-9H2,1-3H3,(H,17,20). The third-order valence-corrected chi connectivity index (χ3v) is 4.19. The molecule has 0 fully saturated rings. The molecule has 0 aliphatic rings. The van der Waals surface area contributed by atoms with Gasteiger partial charge in [0.1, 0.15) is 5.60 Å². The molecule has 1 amide bonds. The first kappa shape index (κ1) is 21.7. The molecule has 0 atom stereocenters. The summed E-state index contributed by atoms with van der Waals surface area (Å²) in [7, 11) is -4.30. The fourth-order valence-corrected chi connectivity index (χ4v) is 2.67. The van der Waals surface area contributed by atoms with Gasteiger partial charge < -0.3 is 10.1 Å². The van der Waals surface area contributed by atoms with Gasteiger partial charge in [-0.25, -0.2) is 26.7 Å². The molecular formula is C14H19F2N3O6S. The molecule has 146 valence electrons. The average molecular weight is 395 g/mol. The van der Waals surface area contributed by atoms with Crippen molar-refractivity contribution in [2.24, 2.45) is 0 Å². The van der Waals surface area contributed by atoms with Crippen LogP contribution in [0.3, 0.4) is 0 Å². The van der Waals surface area contributed by atoms with Crippen LogP contribution < -0.4 is 10.0 Å². The Hall–Kier alpha value is -2.34. The Balaban J connectivity index is 2.64. The highest BCUT2D eigenvalue weighted by atomic mass is 32.2. The summed E-state index contributed by atoms with van der Waals surface area (Å²) in [4.78, 5) is 20.8. The molecule has 1 rings (SSSR count). The van der Waals surface area contributed by atoms with Gasteiger partial charge in [-0.15, -0.1) is 0 Å². The first-order valence-corrected chi connectivity index (χ1v) is 8.79. The molecule has 9 nitrogen and oxygen atoms in total. The minimum absolute atomic E-state index is 0.337. The second kappa shape index (κ2) is 7.91.